The topological polar surface area (TPSA) is 111 Å². The molecule has 0 bridgehead atoms. The van der Waals surface area contributed by atoms with Crippen LogP contribution in [0, 0.1) is 0 Å². The first-order valence-electron chi connectivity index (χ1n) is 9.86. The molecule has 0 aliphatic carbocycles. The molecular formula is C22H24N4O5S2. The first kappa shape index (κ1) is 24.5. The molecule has 174 valence electrons. The molecule has 0 atom stereocenters. The molecule has 2 aromatic carbocycles. The SMILES string of the molecule is CN(C)S(=O)(=O)c1cccc(COC(=O)c2ccccc2NC(=O)CSc2nccn2C)c1. The van der Waals surface area contributed by atoms with Gasteiger partial charge in [-0.3, -0.25) is 4.79 Å². The molecule has 1 amide bonds. The van der Waals surface area contributed by atoms with Crippen LogP contribution in [-0.4, -0.2) is 54.0 Å². The zero-order valence-corrected chi connectivity index (χ0v) is 20.0. The van der Waals surface area contributed by atoms with Gasteiger partial charge in [0.15, 0.2) is 5.16 Å². The third-order valence-corrected chi connectivity index (χ3v) is 7.45. The number of aryl methyl sites for hydroxylation is 1. The van der Waals surface area contributed by atoms with E-state index in [1.165, 1.54) is 38.0 Å². The second kappa shape index (κ2) is 10.6. The second-order valence-corrected chi connectivity index (χ2v) is 10.3. The number of esters is 1. The van der Waals surface area contributed by atoms with Crippen molar-refractivity contribution < 1.29 is 22.7 Å². The maximum absolute atomic E-state index is 12.7. The van der Waals surface area contributed by atoms with E-state index < -0.39 is 16.0 Å². The third kappa shape index (κ3) is 6.21. The number of aromatic nitrogens is 2. The molecule has 1 N–H and O–H groups in total. The fourth-order valence-electron chi connectivity index (χ4n) is 2.81. The summed E-state index contributed by atoms with van der Waals surface area (Å²) in [6.45, 7) is -0.118. The van der Waals surface area contributed by atoms with Crippen molar-refractivity contribution in [1.82, 2.24) is 13.9 Å². The number of thioether (sulfide) groups is 1. The summed E-state index contributed by atoms with van der Waals surface area (Å²) in [4.78, 5) is 29.3. The molecule has 3 rings (SSSR count). The van der Waals surface area contributed by atoms with Crippen molar-refractivity contribution in [2.45, 2.75) is 16.7 Å². The lowest BCUT2D eigenvalue weighted by molar-refractivity contribution is -0.113. The molecule has 11 heteroatoms. The Morgan fingerprint density at radius 1 is 1.15 bits per heavy atom. The van der Waals surface area contributed by atoms with Crippen molar-refractivity contribution in [1.29, 1.82) is 0 Å². The Kier molecular flexibility index (Phi) is 7.90. The monoisotopic (exact) mass is 488 g/mol. The number of para-hydroxylation sites is 1. The average Bonchev–Trinajstić information content (AvgIpc) is 3.21. The molecule has 0 aliphatic rings. The standard InChI is InChI=1S/C22H24N4O5S2/c1-25(2)33(29,30)17-8-6-7-16(13-17)14-31-21(28)18-9-4-5-10-19(18)24-20(27)15-32-22-23-11-12-26(22)3/h4-13H,14-15H2,1-3H3,(H,24,27). The molecule has 9 nitrogen and oxygen atoms in total. The highest BCUT2D eigenvalue weighted by atomic mass is 32.2. The van der Waals surface area contributed by atoms with E-state index in [1.54, 1.807) is 48.8 Å². The van der Waals surface area contributed by atoms with Crippen molar-refractivity contribution >= 4 is 39.3 Å². The van der Waals surface area contributed by atoms with Crippen molar-refractivity contribution in [2.75, 3.05) is 25.2 Å². The van der Waals surface area contributed by atoms with Gasteiger partial charge in [-0.25, -0.2) is 22.5 Å². The number of hydrogen-bond acceptors (Lipinski definition) is 7. The van der Waals surface area contributed by atoms with Crippen LogP contribution in [-0.2, 0) is 33.2 Å². The zero-order valence-electron chi connectivity index (χ0n) is 18.4. The number of rotatable bonds is 9. The van der Waals surface area contributed by atoms with Crippen LogP contribution in [0.3, 0.4) is 0 Å². The maximum Gasteiger partial charge on any atom is 0.340 e. The van der Waals surface area contributed by atoms with Crippen LogP contribution in [0.1, 0.15) is 15.9 Å². The highest BCUT2D eigenvalue weighted by Gasteiger charge is 2.18. The van der Waals surface area contributed by atoms with Gasteiger partial charge in [-0.05, 0) is 29.8 Å². The number of anilines is 1. The number of hydrogen-bond donors (Lipinski definition) is 1. The minimum absolute atomic E-state index is 0.110. The summed E-state index contributed by atoms with van der Waals surface area (Å²) < 4.78 is 32.9. The molecule has 0 aliphatic heterocycles. The van der Waals surface area contributed by atoms with Crippen LogP contribution in [0.25, 0.3) is 0 Å². The Morgan fingerprint density at radius 3 is 2.61 bits per heavy atom. The van der Waals surface area contributed by atoms with Gasteiger partial charge in [0.1, 0.15) is 6.61 Å². The highest BCUT2D eigenvalue weighted by molar-refractivity contribution is 7.99. The Labute approximate surface area is 196 Å². The van der Waals surface area contributed by atoms with Gasteiger partial charge in [0.05, 0.1) is 21.9 Å². The van der Waals surface area contributed by atoms with Gasteiger partial charge in [0, 0.05) is 33.5 Å². The predicted octanol–water partition coefficient (Wildman–Crippen LogP) is 2.76. The molecule has 3 aromatic rings. The number of carbonyl (C=O) groups excluding carboxylic acids is 2. The van der Waals surface area contributed by atoms with E-state index in [1.807, 2.05) is 11.6 Å². The lowest BCUT2D eigenvalue weighted by Gasteiger charge is -2.13. The molecule has 0 spiro atoms. The minimum atomic E-state index is -3.60. The van der Waals surface area contributed by atoms with Crippen LogP contribution in [0.4, 0.5) is 5.69 Å². The molecule has 1 heterocycles. The van der Waals surface area contributed by atoms with Gasteiger partial charge in [0.25, 0.3) is 0 Å². The predicted molar refractivity (Wildman–Crippen MR) is 125 cm³/mol. The van der Waals surface area contributed by atoms with E-state index in [-0.39, 0.29) is 28.7 Å². The molecule has 0 unspecified atom stereocenters. The van der Waals surface area contributed by atoms with Gasteiger partial charge in [-0.2, -0.15) is 0 Å². The van der Waals surface area contributed by atoms with E-state index in [4.69, 9.17) is 4.74 Å². The van der Waals surface area contributed by atoms with Crippen LogP contribution in [0.2, 0.25) is 0 Å². The van der Waals surface area contributed by atoms with E-state index in [9.17, 15) is 18.0 Å². The Morgan fingerprint density at radius 2 is 1.91 bits per heavy atom. The summed E-state index contributed by atoms with van der Waals surface area (Å²) in [6, 6.07) is 12.7. The maximum atomic E-state index is 12.7. The number of benzene rings is 2. The summed E-state index contributed by atoms with van der Waals surface area (Å²) in [7, 11) is 1.13. The highest BCUT2D eigenvalue weighted by Crippen LogP contribution is 2.20. The van der Waals surface area contributed by atoms with Crippen LogP contribution < -0.4 is 5.32 Å². The first-order valence-corrected chi connectivity index (χ1v) is 12.3. The largest absolute Gasteiger partial charge is 0.457 e. The smallest absolute Gasteiger partial charge is 0.340 e. The number of ether oxygens (including phenoxy) is 1. The first-order chi connectivity index (χ1) is 15.7. The van der Waals surface area contributed by atoms with Crippen molar-refractivity contribution in [3.63, 3.8) is 0 Å². The lowest BCUT2D eigenvalue weighted by atomic mass is 10.1. The number of sulfonamides is 1. The normalized spacial score (nSPS) is 11.4. The molecule has 1 aromatic heterocycles. The fraction of sp³-hybridized carbons (Fsp3) is 0.227. The van der Waals surface area contributed by atoms with E-state index >= 15 is 0 Å². The number of amides is 1. The number of nitrogens with one attached hydrogen (secondary N) is 1. The van der Waals surface area contributed by atoms with Crippen LogP contribution >= 0.6 is 11.8 Å². The van der Waals surface area contributed by atoms with E-state index in [0.29, 0.717) is 16.4 Å². The average molecular weight is 489 g/mol. The molecule has 0 fully saturated rings. The molecule has 0 radical (unpaired) electrons. The van der Waals surface area contributed by atoms with Gasteiger partial charge >= 0.3 is 5.97 Å². The van der Waals surface area contributed by atoms with Gasteiger partial charge in [-0.15, -0.1) is 0 Å². The Balaban J connectivity index is 1.64. The van der Waals surface area contributed by atoms with E-state index in [2.05, 4.69) is 10.3 Å². The van der Waals surface area contributed by atoms with Crippen molar-refractivity contribution in [3.8, 4) is 0 Å². The fourth-order valence-corrected chi connectivity index (χ4v) is 4.52. The molecule has 33 heavy (non-hydrogen) atoms. The van der Waals surface area contributed by atoms with Crippen LogP contribution in [0.15, 0.2) is 71.0 Å². The minimum Gasteiger partial charge on any atom is -0.457 e. The van der Waals surface area contributed by atoms with Gasteiger partial charge in [-0.1, -0.05) is 36.0 Å². The third-order valence-electron chi connectivity index (χ3n) is 4.58. The summed E-state index contributed by atoms with van der Waals surface area (Å²) in [5.41, 5.74) is 1.06. The number of imidazole rings is 1. The molecule has 0 saturated carbocycles. The Hall–Kier alpha value is -3.15. The summed E-state index contributed by atoms with van der Waals surface area (Å²) in [5.74, 6) is -0.796. The summed E-state index contributed by atoms with van der Waals surface area (Å²) >= 11 is 1.28. The lowest BCUT2D eigenvalue weighted by Crippen LogP contribution is -2.22. The Bertz CT molecular complexity index is 1250. The molecule has 0 saturated heterocycles. The summed E-state index contributed by atoms with van der Waals surface area (Å²) in [6.07, 6.45) is 3.44. The van der Waals surface area contributed by atoms with Gasteiger partial charge < -0.3 is 14.6 Å². The number of carbonyl (C=O) groups is 2. The van der Waals surface area contributed by atoms with Gasteiger partial charge in [0.2, 0.25) is 15.9 Å². The zero-order chi connectivity index (χ0) is 24.0. The molecular weight excluding hydrogens is 464 g/mol. The van der Waals surface area contributed by atoms with E-state index in [0.717, 1.165) is 4.31 Å². The van der Waals surface area contributed by atoms with Crippen molar-refractivity contribution in [3.05, 3.63) is 72.1 Å². The van der Waals surface area contributed by atoms with Crippen molar-refractivity contribution in [2.24, 2.45) is 7.05 Å². The second-order valence-electron chi connectivity index (χ2n) is 7.21. The van der Waals surface area contributed by atoms with Crippen LogP contribution in [0.5, 0.6) is 0 Å². The summed E-state index contributed by atoms with van der Waals surface area (Å²) in [5, 5.41) is 3.44. The number of nitrogens with zero attached hydrogens (tertiary/aromatic N) is 3. The quantitative estimate of drug-likeness (QED) is 0.364.